The Morgan fingerprint density at radius 3 is 2.71 bits per heavy atom. The van der Waals surface area contributed by atoms with Crippen molar-refractivity contribution in [1.82, 2.24) is 4.57 Å². The minimum atomic E-state index is -1.48. The smallest absolute Gasteiger partial charge is 0.341 e. The topological polar surface area (TPSA) is 88.6 Å². The second-order valence-electron chi connectivity index (χ2n) is 5.68. The zero-order valence-electron chi connectivity index (χ0n) is 12.6. The molecule has 1 aliphatic rings. The second-order valence-corrected chi connectivity index (χ2v) is 5.68. The fourth-order valence-corrected chi connectivity index (χ4v) is 3.01. The van der Waals surface area contributed by atoms with E-state index in [0.29, 0.717) is 19.5 Å². The molecule has 24 heavy (non-hydrogen) atoms. The van der Waals surface area contributed by atoms with E-state index in [0.717, 1.165) is 23.0 Å². The molecular weight excluding hydrogens is 320 g/mol. The van der Waals surface area contributed by atoms with Crippen molar-refractivity contribution in [3.63, 3.8) is 0 Å². The van der Waals surface area contributed by atoms with Crippen molar-refractivity contribution in [3.05, 3.63) is 46.3 Å². The van der Waals surface area contributed by atoms with Crippen LogP contribution in [0.25, 0.3) is 17.1 Å². The second kappa shape index (κ2) is 5.72. The van der Waals surface area contributed by atoms with Gasteiger partial charge < -0.3 is 20.3 Å². The highest BCUT2D eigenvalue weighted by Gasteiger charge is 2.28. The number of carbonyl (C=O) groups is 1. The van der Waals surface area contributed by atoms with Crippen molar-refractivity contribution in [2.45, 2.75) is 12.5 Å². The first-order chi connectivity index (χ1) is 11.3. The number of fused-ring (bicyclic) bond motifs is 1. The summed E-state index contributed by atoms with van der Waals surface area (Å²) in [5, 5.41) is 8.73. The van der Waals surface area contributed by atoms with Crippen molar-refractivity contribution in [3.8, 4) is 0 Å². The van der Waals surface area contributed by atoms with Crippen LogP contribution in [0.5, 0.6) is 0 Å². The van der Waals surface area contributed by atoms with E-state index >= 15 is 0 Å². The van der Waals surface area contributed by atoms with Gasteiger partial charge in [0.2, 0.25) is 5.43 Å². The molecule has 6 nitrogen and oxygen atoms in total. The zero-order chi connectivity index (χ0) is 17.6. The molecule has 0 bridgehead atoms. The van der Waals surface area contributed by atoms with Crippen molar-refractivity contribution in [2.24, 2.45) is 5.73 Å². The Bertz CT molecular complexity index is 923. The molecule has 0 saturated carbocycles. The fourth-order valence-electron chi connectivity index (χ4n) is 3.01. The number of nitrogens with two attached hydrogens (primary N) is 1. The molecule has 0 radical (unpaired) electrons. The van der Waals surface area contributed by atoms with Crippen LogP contribution in [0.1, 0.15) is 16.8 Å². The average Bonchev–Trinajstić information content (AvgIpc) is 2.94. The van der Waals surface area contributed by atoms with Gasteiger partial charge in [-0.15, -0.1) is 0 Å². The lowest BCUT2D eigenvalue weighted by molar-refractivity contribution is 0.0695. The molecule has 2 heterocycles. The number of aromatic nitrogens is 1. The number of hydrogen-bond acceptors (Lipinski definition) is 4. The molecule has 0 aliphatic carbocycles. The number of pyridine rings is 1. The lowest BCUT2D eigenvalue weighted by atomic mass is 10.1. The molecule has 1 atom stereocenters. The van der Waals surface area contributed by atoms with Gasteiger partial charge in [0.15, 0.2) is 5.82 Å². The summed E-state index contributed by atoms with van der Waals surface area (Å²) in [6, 6.07) is 0.683. The van der Waals surface area contributed by atoms with Crippen molar-refractivity contribution in [2.75, 3.05) is 18.0 Å². The van der Waals surface area contributed by atoms with E-state index in [1.807, 2.05) is 0 Å². The van der Waals surface area contributed by atoms with Crippen LogP contribution in [0.15, 0.2) is 23.6 Å². The molecule has 1 aliphatic heterocycles. The average molecular weight is 335 g/mol. The molecular formula is C16H15F2N3O3. The summed E-state index contributed by atoms with van der Waals surface area (Å²) in [7, 11) is 0. The molecule has 126 valence electrons. The van der Waals surface area contributed by atoms with Gasteiger partial charge >= 0.3 is 5.97 Å². The van der Waals surface area contributed by atoms with E-state index in [4.69, 9.17) is 10.8 Å². The van der Waals surface area contributed by atoms with Crippen LogP contribution >= 0.6 is 0 Å². The molecule has 8 heteroatoms. The van der Waals surface area contributed by atoms with Crippen LogP contribution < -0.4 is 16.1 Å². The SMILES string of the molecule is C=Cn1cc(C(=O)O)c(=O)c2cc(F)c(N3CCC(N)C3)c(F)c21. The van der Waals surface area contributed by atoms with Crippen molar-refractivity contribution >= 4 is 28.8 Å². The van der Waals surface area contributed by atoms with Gasteiger partial charge in [-0.2, -0.15) is 0 Å². The molecule has 1 aromatic heterocycles. The van der Waals surface area contributed by atoms with Gasteiger partial charge in [-0.3, -0.25) is 4.79 Å². The van der Waals surface area contributed by atoms with Crippen LogP contribution in [0, 0.1) is 11.6 Å². The van der Waals surface area contributed by atoms with E-state index in [-0.39, 0.29) is 22.6 Å². The molecule has 1 saturated heterocycles. The predicted octanol–water partition coefficient (Wildman–Crippen LogP) is 1.62. The Balaban J connectivity index is 2.36. The number of anilines is 1. The number of halogens is 2. The molecule has 3 rings (SSSR count). The van der Waals surface area contributed by atoms with E-state index in [2.05, 4.69) is 6.58 Å². The van der Waals surface area contributed by atoms with Gasteiger partial charge in [0, 0.05) is 31.5 Å². The van der Waals surface area contributed by atoms with Crippen LogP contribution in [-0.4, -0.2) is 34.8 Å². The number of carboxylic acid groups (broad SMARTS) is 1. The van der Waals surface area contributed by atoms with Gasteiger partial charge in [0.25, 0.3) is 0 Å². The number of benzene rings is 1. The fraction of sp³-hybridized carbons (Fsp3) is 0.250. The number of rotatable bonds is 3. The maximum atomic E-state index is 15.0. The highest BCUT2D eigenvalue weighted by atomic mass is 19.1. The summed E-state index contributed by atoms with van der Waals surface area (Å²) < 4.78 is 30.5. The van der Waals surface area contributed by atoms with Crippen LogP contribution in [-0.2, 0) is 0 Å². The van der Waals surface area contributed by atoms with Gasteiger partial charge in [0.05, 0.1) is 10.9 Å². The first-order valence-corrected chi connectivity index (χ1v) is 7.28. The minimum absolute atomic E-state index is 0.185. The Morgan fingerprint density at radius 2 is 2.17 bits per heavy atom. The summed E-state index contributed by atoms with van der Waals surface area (Å²) >= 11 is 0. The van der Waals surface area contributed by atoms with E-state index in [1.165, 1.54) is 4.90 Å². The molecule has 0 amide bonds. The molecule has 1 aromatic carbocycles. The van der Waals surface area contributed by atoms with Gasteiger partial charge in [-0.05, 0) is 12.5 Å². The third kappa shape index (κ3) is 2.35. The summed E-state index contributed by atoms with van der Waals surface area (Å²) in [5.74, 6) is -3.34. The summed E-state index contributed by atoms with van der Waals surface area (Å²) in [6.07, 6.45) is 2.73. The Hall–Kier alpha value is -2.74. The van der Waals surface area contributed by atoms with E-state index < -0.39 is 28.6 Å². The lowest BCUT2D eigenvalue weighted by Gasteiger charge is -2.21. The number of hydrogen-bond donors (Lipinski definition) is 2. The first kappa shape index (κ1) is 16.1. The minimum Gasteiger partial charge on any atom is -0.477 e. The summed E-state index contributed by atoms with van der Waals surface area (Å²) in [6.45, 7) is 4.18. The maximum absolute atomic E-state index is 15.0. The van der Waals surface area contributed by atoms with E-state index in [1.54, 1.807) is 0 Å². The first-order valence-electron chi connectivity index (χ1n) is 7.28. The molecule has 2 aromatic rings. The Kier molecular flexibility index (Phi) is 3.84. The lowest BCUT2D eigenvalue weighted by Crippen LogP contribution is -2.28. The summed E-state index contributed by atoms with van der Waals surface area (Å²) in [4.78, 5) is 24.9. The molecule has 1 fully saturated rings. The van der Waals surface area contributed by atoms with Gasteiger partial charge in [-0.25, -0.2) is 13.6 Å². The maximum Gasteiger partial charge on any atom is 0.341 e. The quantitative estimate of drug-likeness (QED) is 0.890. The molecule has 1 unspecified atom stereocenters. The Morgan fingerprint density at radius 1 is 1.46 bits per heavy atom. The highest BCUT2D eigenvalue weighted by Crippen LogP contribution is 2.32. The molecule has 0 spiro atoms. The number of nitrogens with zero attached hydrogens (tertiary/aromatic N) is 2. The van der Waals surface area contributed by atoms with Crippen molar-refractivity contribution in [1.29, 1.82) is 0 Å². The van der Waals surface area contributed by atoms with E-state index in [9.17, 15) is 18.4 Å². The zero-order valence-corrected chi connectivity index (χ0v) is 12.6. The third-order valence-corrected chi connectivity index (χ3v) is 4.15. The van der Waals surface area contributed by atoms with Crippen LogP contribution in [0.4, 0.5) is 14.5 Å². The monoisotopic (exact) mass is 335 g/mol. The Labute approximate surface area is 135 Å². The van der Waals surface area contributed by atoms with Gasteiger partial charge in [0.1, 0.15) is 17.1 Å². The number of carboxylic acids is 1. The third-order valence-electron chi connectivity index (χ3n) is 4.15. The van der Waals surface area contributed by atoms with Gasteiger partial charge in [-0.1, -0.05) is 6.58 Å². The largest absolute Gasteiger partial charge is 0.477 e. The predicted molar refractivity (Wildman–Crippen MR) is 86.3 cm³/mol. The highest BCUT2D eigenvalue weighted by molar-refractivity contribution is 5.94. The summed E-state index contributed by atoms with van der Waals surface area (Å²) in [5.41, 5.74) is 3.77. The van der Waals surface area contributed by atoms with Crippen molar-refractivity contribution < 1.29 is 18.7 Å². The van der Waals surface area contributed by atoms with Crippen LogP contribution in [0.3, 0.4) is 0 Å². The van der Waals surface area contributed by atoms with Crippen LogP contribution in [0.2, 0.25) is 0 Å². The molecule has 3 N–H and O–H groups in total. The number of aromatic carboxylic acids is 1. The normalized spacial score (nSPS) is 17.5. The standard InChI is InChI=1S/C16H15F2N3O3/c1-2-20-7-10(16(23)24)15(22)9-5-11(17)14(12(18)13(9)20)21-4-3-8(19)6-21/h2,5,7-8H,1,3-4,6,19H2,(H,23,24).